The fourth-order valence-electron chi connectivity index (χ4n) is 4.37. The third kappa shape index (κ3) is 3.19. The molecule has 1 aromatic heterocycles. The Hall–Kier alpha value is -3.43. The van der Waals surface area contributed by atoms with Crippen molar-refractivity contribution in [3.8, 4) is 11.5 Å². The van der Waals surface area contributed by atoms with Crippen molar-refractivity contribution < 1.29 is 19.1 Å². The van der Waals surface area contributed by atoms with Crippen molar-refractivity contribution in [3.05, 3.63) is 87.3 Å². The van der Waals surface area contributed by atoms with Crippen molar-refractivity contribution in [2.24, 2.45) is 11.5 Å². The Morgan fingerprint density at radius 3 is 2.53 bits per heavy atom. The number of nitrogen functional groups attached to an aromatic ring is 1. The van der Waals surface area contributed by atoms with E-state index < -0.39 is 23.3 Å². The van der Waals surface area contributed by atoms with E-state index in [1.165, 1.54) is 7.11 Å². The smallest absolute Gasteiger partial charge is 0.348 e. The van der Waals surface area contributed by atoms with Crippen molar-refractivity contribution in [2.75, 3.05) is 12.8 Å². The van der Waals surface area contributed by atoms with Crippen LogP contribution in [0.1, 0.15) is 32.4 Å². The van der Waals surface area contributed by atoms with Gasteiger partial charge in [0.15, 0.2) is 5.78 Å². The van der Waals surface area contributed by atoms with Crippen LogP contribution in [0.25, 0.3) is 10.1 Å². The summed E-state index contributed by atoms with van der Waals surface area (Å²) in [5, 5.41) is 0.881. The van der Waals surface area contributed by atoms with Crippen LogP contribution < -0.4 is 21.9 Å². The zero-order chi connectivity index (χ0) is 24.2. The van der Waals surface area contributed by atoms with Crippen LogP contribution in [0.15, 0.2) is 60.7 Å². The van der Waals surface area contributed by atoms with E-state index in [9.17, 15) is 9.59 Å². The lowest BCUT2D eigenvalue weighted by molar-refractivity contribution is -0.124. The number of carbonyl (C=O) groups excluding carboxylic acids is 2. The van der Waals surface area contributed by atoms with E-state index in [1.807, 2.05) is 18.2 Å². The molecule has 0 saturated heterocycles. The molecule has 34 heavy (non-hydrogen) atoms. The van der Waals surface area contributed by atoms with E-state index >= 15 is 0 Å². The van der Waals surface area contributed by atoms with Crippen LogP contribution in [0.3, 0.4) is 0 Å². The minimum atomic E-state index is -1.61. The van der Waals surface area contributed by atoms with E-state index in [1.54, 1.807) is 42.5 Å². The molecule has 5 rings (SSSR count). The highest BCUT2D eigenvalue weighted by molar-refractivity contribution is 7.21. The minimum absolute atomic E-state index is 0.240. The molecule has 2 unspecified atom stereocenters. The molecule has 0 fully saturated rings. The number of para-hydroxylation sites is 1. The second-order valence-corrected chi connectivity index (χ2v) is 9.38. The van der Waals surface area contributed by atoms with Crippen LogP contribution in [0.4, 0.5) is 5.69 Å². The van der Waals surface area contributed by atoms with Crippen LogP contribution in [0.2, 0.25) is 5.02 Å². The Balaban J connectivity index is 1.69. The minimum Gasteiger partial charge on any atom is -0.465 e. The highest BCUT2D eigenvalue weighted by Gasteiger charge is 2.49. The number of Topliss-reactive ketones (excluding diaryl/α,β-unsaturated/α-hetero) is 1. The molecule has 3 aromatic carbocycles. The maximum absolute atomic E-state index is 13.7. The fourth-order valence-corrected chi connectivity index (χ4v) is 5.80. The number of methoxy groups -OCH3 is 1. The number of thiophene rings is 1. The fraction of sp³-hybridized carbons (Fsp3) is 0.120. The van der Waals surface area contributed by atoms with Gasteiger partial charge in [0.2, 0.25) is 0 Å². The van der Waals surface area contributed by atoms with Gasteiger partial charge in [0, 0.05) is 16.6 Å². The maximum Gasteiger partial charge on any atom is 0.348 e. The molecule has 2 atom stereocenters. The summed E-state index contributed by atoms with van der Waals surface area (Å²) in [4.78, 5) is 26.4. The van der Waals surface area contributed by atoms with E-state index in [4.69, 9.17) is 38.3 Å². The summed E-state index contributed by atoms with van der Waals surface area (Å²) in [7, 11) is 1.27. The average molecular weight is 494 g/mol. The van der Waals surface area contributed by atoms with Crippen molar-refractivity contribution in [1.29, 1.82) is 0 Å². The number of esters is 1. The third-order valence-corrected chi connectivity index (χ3v) is 7.57. The zero-order valence-corrected chi connectivity index (χ0v) is 19.6. The topological polar surface area (TPSA) is 131 Å². The van der Waals surface area contributed by atoms with E-state index in [0.717, 1.165) is 11.3 Å². The van der Waals surface area contributed by atoms with Gasteiger partial charge in [0.25, 0.3) is 0 Å². The number of ketones is 1. The normalized spacial score (nSPS) is 19.3. The molecule has 1 aliphatic rings. The Kier molecular flexibility index (Phi) is 5.33. The molecular formula is C25H20ClN3O4S. The summed E-state index contributed by atoms with van der Waals surface area (Å²) in [6.45, 7) is 0. The average Bonchev–Trinajstić information content (AvgIpc) is 3.25. The molecule has 0 aliphatic heterocycles. The monoisotopic (exact) mass is 493 g/mol. The second kappa shape index (κ2) is 8.11. The lowest BCUT2D eigenvalue weighted by Gasteiger charge is -2.36. The number of nitrogens with two attached hydrogens (primary N) is 3. The Morgan fingerprint density at radius 2 is 1.85 bits per heavy atom. The highest BCUT2D eigenvalue weighted by Crippen LogP contribution is 2.50. The van der Waals surface area contributed by atoms with Gasteiger partial charge in [-0.1, -0.05) is 41.9 Å². The van der Waals surface area contributed by atoms with Gasteiger partial charge in [-0.25, -0.2) is 4.79 Å². The molecular weight excluding hydrogens is 474 g/mol. The Bertz CT molecular complexity index is 1470. The summed E-state index contributed by atoms with van der Waals surface area (Å²) < 4.78 is 11.4. The largest absolute Gasteiger partial charge is 0.465 e. The van der Waals surface area contributed by atoms with Crippen molar-refractivity contribution in [1.82, 2.24) is 0 Å². The molecule has 172 valence electrons. The molecule has 0 spiro atoms. The summed E-state index contributed by atoms with van der Waals surface area (Å²) in [6, 6.07) is 16.4. The highest BCUT2D eigenvalue weighted by atomic mass is 35.5. The quantitative estimate of drug-likeness (QED) is 0.282. The number of benzene rings is 3. The number of anilines is 1. The van der Waals surface area contributed by atoms with Gasteiger partial charge in [-0.2, -0.15) is 0 Å². The number of hydrogen-bond donors (Lipinski definition) is 3. The molecule has 0 amide bonds. The predicted octanol–water partition coefficient (Wildman–Crippen LogP) is 4.50. The lowest BCUT2D eigenvalue weighted by Crippen LogP contribution is -2.52. The molecule has 0 radical (unpaired) electrons. The van der Waals surface area contributed by atoms with Crippen LogP contribution in [-0.4, -0.2) is 18.9 Å². The molecule has 0 saturated carbocycles. The van der Waals surface area contributed by atoms with Gasteiger partial charge in [-0.15, -0.1) is 11.3 Å². The molecule has 4 aromatic rings. The van der Waals surface area contributed by atoms with Crippen LogP contribution in [0.5, 0.6) is 11.5 Å². The first-order valence-corrected chi connectivity index (χ1v) is 11.5. The van der Waals surface area contributed by atoms with Crippen molar-refractivity contribution in [3.63, 3.8) is 0 Å². The number of hydrogen-bond acceptors (Lipinski definition) is 8. The van der Waals surface area contributed by atoms with Crippen molar-refractivity contribution in [2.45, 2.75) is 11.6 Å². The third-order valence-electron chi connectivity index (χ3n) is 6.04. The summed E-state index contributed by atoms with van der Waals surface area (Å²) >= 11 is 7.67. The number of halogens is 1. The summed E-state index contributed by atoms with van der Waals surface area (Å²) in [5.74, 6) is -0.0181. The van der Waals surface area contributed by atoms with Gasteiger partial charge in [-0.3, -0.25) is 4.79 Å². The van der Waals surface area contributed by atoms with Gasteiger partial charge < -0.3 is 26.7 Å². The molecule has 6 N–H and O–H groups in total. The van der Waals surface area contributed by atoms with E-state index in [0.29, 0.717) is 44.0 Å². The lowest BCUT2D eigenvalue weighted by atomic mass is 9.70. The van der Waals surface area contributed by atoms with Gasteiger partial charge in [-0.05, 0) is 41.5 Å². The van der Waals surface area contributed by atoms with Crippen LogP contribution >= 0.6 is 22.9 Å². The standard InChI is InChI=1S/C25H20ClN3O4S/c1-32-24(31)22-19-18-14(8-9-16(27)21(18)34-22)25(29,23(30)20(19)28)12-7-10-17(15(26)11-12)33-13-5-3-2-4-6-13/h2-11,20H,27-29H2,1H3. The SMILES string of the molecule is COC(=O)c1sc2c(N)ccc3c2c1C(N)C(=O)C3(N)c1ccc(Oc2ccccc2)c(Cl)c1. The van der Waals surface area contributed by atoms with Crippen LogP contribution in [-0.2, 0) is 15.1 Å². The number of ether oxygens (including phenoxy) is 2. The van der Waals surface area contributed by atoms with Crippen molar-refractivity contribution >= 4 is 50.5 Å². The molecule has 1 aliphatic carbocycles. The molecule has 1 heterocycles. The first kappa shape index (κ1) is 22.4. The first-order valence-electron chi connectivity index (χ1n) is 10.3. The number of rotatable bonds is 4. The predicted molar refractivity (Wildman–Crippen MR) is 132 cm³/mol. The Morgan fingerprint density at radius 1 is 1.12 bits per heavy atom. The molecule has 9 heteroatoms. The summed E-state index contributed by atoms with van der Waals surface area (Å²) in [5.41, 5.74) is 19.6. The van der Waals surface area contributed by atoms with E-state index in [2.05, 4.69) is 0 Å². The number of carbonyl (C=O) groups is 2. The molecule has 7 nitrogen and oxygen atoms in total. The first-order chi connectivity index (χ1) is 16.3. The van der Waals surface area contributed by atoms with Crippen LogP contribution in [0, 0.1) is 0 Å². The zero-order valence-electron chi connectivity index (χ0n) is 18.0. The van der Waals surface area contributed by atoms with Gasteiger partial charge >= 0.3 is 5.97 Å². The van der Waals surface area contributed by atoms with E-state index in [-0.39, 0.29) is 9.90 Å². The van der Waals surface area contributed by atoms with Gasteiger partial charge in [0.1, 0.15) is 21.9 Å². The summed E-state index contributed by atoms with van der Waals surface area (Å²) in [6.07, 6.45) is 0. The second-order valence-electron chi connectivity index (χ2n) is 7.95. The van der Waals surface area contributed by atoms with Gasteiger partial charge in [0.05, 0.1) is 22.9 Å². The maximum atomic E-state index is 13.7. The Labute approximate surface area is 204 Å². The molecule has 0 bridgehead atoms.